The molecule has 0 aromatic carbocycles. The summed E-state index contributed by atoms with van der Waals surface area (Å²) in [7, 11) is 0. The summed E-state index contributed by atoms with van der Waals surface area (Å²) in [6, 6.07) is 0.0559. The molecule has 98 valence electrons. The second-order valence-corrected chi connectivity index (χ2v) is 4.98. The Labute approximate surface area is 101 Å². The highest BCUT2D eigenvalue weighted by atomic mass is 35.5. The number of halogens is 7. The normalized spacial score (nSPS) is 15.4. The van der Waals surface area contributed by atoms with E-state index in [0.717, 1.165) is 6.07 Å². The first-order chi connectivity index (χ1) is 7.53. The summed E-state index contributed by atoms with van der Waals surface area (Å²) in [6.45, 7) is 0. The lowest BCUT2D eigenvalue weighted by atomic mass is 9.98. The highest BCUT2D eigenvalue weighted by Crippen LogP contribution is 2.46. The van der Waals surface area contributed by atoms with Crippen LogP contribution in [0.1, 0.15) is 10.9 Å². The van der Waals surface area contributed by atoms with Crippen LogP contribution in [0.2, 0.25) is 4.34 Å². The minimum atomic E-state index is -5.45. The third-order valence-corrected chi connectivity index (χ3v) is 3.32. The zero-order valence-electron chi connectivity index (χ0n) is 7.94. The van der Waals surface area contributed by atoms with E-state index < -0.39 is 24.3 Å². The van der Waals surface area contributed by atoms with Crippen molar-refractivity contribution >= 4 is 22.9 Å². The Morgan fingerprint density at radius 2 is 1.53 bits per heavy atom. The molecule has 0 saturated heterocycles. The van der Waals surface area contributed by atoms with Gasteiger partial charge in [0.25, 0.3) is 0 Å². The van der Waals surface area contributed by atoms with Gasteiger partial charge in [-0.25, -0.2) is 0 Å². The smallest absolute Gasteiger partial charge is 0.322 e. The molecule has 0 fully saturated rings. The van der Waals surface area contributed by atoms with Crippen molar-refractivity contribution < 1.29 is 26.3 Å². The van der Waals surface area contributed by atoms with Gasteiger partial charge < -0.3 is 5.73 Å². The molecule has 0 aliphatic heterocycles. The van der Waals surface area contributed by atoms with Crippen LogP contribution in [0.15, 0.2) is 12.1 Å². The Morgan fingerprint density at radius 3 is 1.82 bits per heavy atom. The number of alkyl halides is 6. The van der Waals surface area contributed by atoms with Crippen LogP contribution in [-0.4, -0.2) is 12.4 Å². The summed E-state index contributed by atoms with van der Waals surface area (Å²) < 4.78 is 74.1. The van der Waals surface area contributed by atoms with E-state index in [0.29, 0.717) is 11.3 Å². The fourth-order valence-corrected chi connectivity index (χ4v) is 2.36. The van der Waals surface area contributed by atoms with E-state index in [1.165, 1.54) is 6.07 Å². The highest BCUT2D eigenvalue weighted by Gasteiger charge is 2.59. The Hall–Kier alpha value is -0.470. The molecule has 0 aliphatic carbocycles. The Morgan fingerprint density at radius 1 is 1.06 bits per heavy atom. The van der Waals surface area contributed by atoms with Crippen LogP contribution in [0.3, 0.4) is 0 Å². The monoisotopic (exact) mass is 297 g/mol. The van der Waals surface area contributed by atoms with E-state index in [4.69, 9.17) is 17.3 Å². The van der Waals surface area contributed by atoms with E-state index in [2.05, 4.69) is 0 Å². The lowest BCUT2D eigenvalue weighted by molar-refractivity contribution is -0.290. The molecule has 1 aromatic heterocycles. The van der Waals surface area contributed by atoms with Crippen LogP contribution < -0.4 is 5.73 Å². The van der Waals surface area contributed by atoms with E-state index in [1.54, 1.807) is 0 Å². The maximum absolute atomic E-state index is 12.3. The summed E-state index contributed by atoms with van der Waals surface area (Å²) >= 11 is 6.03. The molecule has 0 aliphatic rings. The van der Waals surface area contributed by atoms with Crippen molar-refractivity contribution in [1.29, 1.82) is 0 Å². The van der Waals surface area contributed by atoms with Crippen LogP contribution in [0.5, 0.6) is 0 Å². The molecule has 1 aromatic rings. The second-order valence-electron chi connectivity index (χ2n) is 3.23. The lowest BCUT2D eigenvalue weighted by Gasteiger charge is -2.27. The van der Waals surface area contributed by atoms with Crippen molar-refractivity contribution in [3.05, 3.63) is 21.3 Å². The molecule has 1 atom stereocenters. The molecule has 1 rings (SSSR count). The van der Waals surface area contributed by atoms with Gasteiger partial charge in [-0.1, -0.05) is 11.6 Å². The summed E-state index contributed by atoms with van der Waals surface area (Å²) in [4.78, 5) is -0.255. The Kier molecular flexibility index (Phi) is 4.00. The molecule has 1 nitrogen and oxygen atoms in total. The van der Waals surface area contributed by atoms with Crippen molar-refractivity contribution in [1.82, 2.24) is 0 Å². The molecule has 1 unspecified atom stereocenters. The second kappa shape index (κ2) is 4.66. The molecular weight excluding hydrogens is 292 g/mol. The molecule has 0 spiro atoms. The minimum absolute atomic E-state index is 0.0820. The van der Waals surface area contributed by atoms with Gasteiger partial charge >= 0.3 is 12.4 Å². The quantitative estimate of drug-likeness (QED) is 0.816. The van der Waals surface area contributed by atoms with Crippen molar-refractivity contribution in [3.8, 4) is 0 Å². The fraction of sp³-hybridized carbons (Fsp3) is 0.500. The van der Waals surface area contributed by atoms with E-state index in [-0.39, 0.29) is 9.21 Å². The largest absolute Gasteiger partial charge is 0.402 e. The summed E-state index contributed by atoms with van der Waals surface area (Å²) in [5, 5.41) is 0. The third kappa shape index (κ3) is 3.49. The first-order valence-electron chi connectivity index (χ1n) is 4.17. The van der Waals surface area contributed by atoms with Crippen LogP contribution >= 0.6 is 22.9 Å². The molecule has 0 bridgehead atoms. The number of hydrogen-bond donors (Lipinski definition) is 1. The number of nitrogens with two attached hydrogens (primary N) is 1. The van der Waals surface area contributed by atoms with Crippen LogP contribution in [0.4, 0.5) is 26.3 Å². The molecule has 2 N–H and O–H groups in total. The molecule has 0 saturated carbocycles. The Balaban J connectivity index is 3.08. The standard InChI is InChI=1S/C8H6ClF6NS/c9-4-2-1-3(17-4)5(16)6(7(10,11)12)8(13,14)15/h1-2,5-6H,16H2. The van der Waals surface area contributed by atoms with Gasteiger partial charge in [-0.3, -0.25) is 0 Å². The van der Waals surface area contributed by atoms with Crippen molar-refractivity contribution in [2.75, 3.05) is 0 Å². The van der Waals surface area contributed by atoms with E-state index in [9.17, 15) is 26.3 Å². The molecular formula is C8H6ClF6NS. The van der Waals surface area contributed by atoms with Gasteiger partial charge in [0.1, 0.15) is 0 Å². The fourth-order valence-electron chi connectivity index (χ4n) is 1.26. The summed E-state index contributed by atoms with van der Waals surface area (Å²) in [6.07, 6.45) is -10.9. The number of thiophene rings is 1. The zero-order chi connectivity index (χ0) is 13.4. The molecule has 1 heterocycles. The van der Waals surface area contributed by atoms with Gasteiger partial charge in [-0.2, -0.15) is 26.3 Å². The SMILES string of the molecule is NC(c1ccc(Cl)s1)C(C(F)(F)F)C(F)(F)F. The lowest BCUT2D eigenvalue weighted by Crippen LogP contribution is -2.43. The van der Waals surface area contributed by atoms with Crippen molar-refractivity contribution in [3.63, 3.8) is 0 Å². The summed E-state index contributed by atoms with van der Waals surface area (Å²) in [5.74, 6) is -3.59. The average molecular weight is 298 g/mol. The Bertz CT molecular complexity index is 370. The van der Waals surface area contributed by atoms with Gasteiger partial charge in [-0.15, -0.1) is 11.3 Å². The van der Waals surface area contributed by atoms with Crippen LogP contribution in [0, 0.1) is 5.92 Å². The van der Waals surface area contributed by atoms with Gasteiger partial charge in [-0.05, 0) is 12.1 Å². The van der Waals surface area contributed by atoms with Gasteiger partial charge in [0.2, 0.25) is 0 Å². The molecule has 0 radical (unpaired) electrons. The molecule has 17 heavy (non-hydrogen) atoms. The number of hydrogen-bond acceptors (Lipinski definition) is 2. The van der Waals surface area contributed by atoms with Crippen LogP contribution in [0.25, 0.3) is 0 Å². The van der Waals surface area contributed by atoms with Gasteiger partial charge in [0, 0.05) is 4.88 Å². The van der Waals surface area contributed by atoms with Crippen molar-refractivity contribution in [2.24, 2.45) is 11.7 Å². The van der Waals surface area contributed by atoms with Gasteiger partial charge in [0.05, 0.1) is 10.4 Å². The van der Waals surface area contributed by atoms with E-state index in [1.807, 2.05) is 0 Å². The van der Waals surface area contributed by atoms with E-state index >= 15 is 0 Å². The third-order valence-electron chi connectivity index (χ3n) is 1.99. The highest BCUT2D eigenvalue weighted by molar-refractivity contribution is 7.16. The topological polar surface area (TPSA) is 26.0 Å². The zero-order valence-corrected chi connectivity index (χ0v) is 9.51. The summed E-state index contributed by atoms with van der Waals surface area (Å²) in [5.41, 5.74) is 5.04. The first kappa shape index (κ1) is 14.6. The maximum Gasteiger partial charge on any atom is 0.402 e. The maximum atomic E-state index is 12.3. The minimum Gasteiger partial charge on any atom is -0.322 e. The predicted molar refractivity (Wildman–Crippen MR) is 51.9 cm³/mol. The average Bonchev–Trinajstić information content (AvgIpc) is 2.45. The van der Waals surface area contributed by atoms with Crippen molar-refractivity contribution in [2.45, 2.75) is 18.4 Å². The first-order valence-corrected chi connectivity index (χ1v) is 5.37. The van der Waals surface area contributed by atoms with Gasteiger partial charge in [0.15, 0.2) is 5.92 Å². The molecule has 0 amide bonds. The molecule has 9 heteroatoms. The number of rotatable bonds is 2. The predicted octanol–water partition coefficient (Wildman–Crippen LogP) is 4.14. The van der Waals surface area contributed by atoms with Crippen LogP contribution in [-0.2, 0) is 0 Å².